The minimum atomic E-state index is -0.0348. The molecule has 0 N–H and O–H groups in total. The molecular weight excluding hydrogens is 218 g/mol. The molecule has 0 radical (unpaired) electrons. The van der Waals surface area contributed by atoms with Crippen LogP contribution in [0.3, 0.4) is 0 Å². The predicted octanol–water partition coefficient (Wildman–Crippen LogP) is 0.327. The summed E-state index contributed by atoms with van der Waals surface area (Å²) in [4.78, 5) is 15.8. The fourth-order valence-corrected chi connectivity index (χ4v) is 1.84. The molecule has 1 atom stereocenters. The van der Waals surface area contributed by atoms with Crippen LogP contribution < -0.4 is 0 Å². The van der Waals surface area contributed by atoms with Gasteiger partial charge in [-0.3, -0.25) is 9.69 Å². The van der Waals surface area contributed by atoms with Crippen molar-refractivity contribution in [2.24, 2.45) is 5.92 Å². The highest BCUT2D eigenvalue weighted by molar-refractivity contribution is 5.78. The maximum Gasteiger partial charge on any atom is 0.236 e. The second-order valence-electron chi connectivity index (χ2n) is 4.35. The molecule has 1 aliphatic rings. The molecule has 0 spiro atoms. The number of rotatable bonds is 5. The van der Waals surface area contributed by atoms with E-state index in [4.69, 9.17) is 10.00 Å². The number of likely N-dealkylation sites (N-methyl/N-ethyl adjacent to an activating group) is 1. The van der Waals surface area contributed by atoms with Crippen molar-refractivity contribution >= 4 is 5.91 Å². The van der Waals surface area contributed by atoms with Crippen LogP contribution in [-0.4, -0.2) is 61.6 Å². The maximum atomic E-state index is 12.0. The van der Waals surface area contributed by atoms with Crippen LogP contribution in [0.2, 0.25) is 0 Å². The van der Waals surface area contributed by atoms with Gasteiger partial charge in [0.05, 0.1) is 31.7 Å². The Balaban J connectivity index is 2.39. The van der Waals surface area contributed by atoms with Crippen molar-refractivity contribution in [2.45, 2.75) is 13.8 Å². The van der Waals surface area contributed by atoms with E-state index in [9.17, 15) is 4.79 Å². The number of hydrogen-bond donors (Lipinski definition) is 0. The molecule has 5 heteroatoms. The third-order valence-electron chi connectivity index (χ3n) is 2.92. The fourth-order valence-electron chi connectivity index (χ4n) is 1.84. The Hall–Kier alpha value is -1.12. The number of carbonyl (C=O) groups is 1. The summed E-state index contributed by atoms with van der Waals surface area (Å²) in [6, 6.07) is 2.20. The Morgan fingerprint density at radius 1 is 1.53 bits per heavy atom. The molecule has 1 saturated heterocycles. The monoisotopic (exact) mass is 239 g/mol. The number of morpholine rings is 1. The Kier molecular flexibility index (Phi) is 5.95. The van der Waals surface area contributed by atoms with Gasteiger partial charge in [-0.2, -0.15) is 5.26 Å². The van der Waals surface area contributed by atoms with Gasteiger partial charge in [0.25, 0.3) is 0 Å². The van der Waals surface area contributed by atoms with Crippen molar-refractivity contribution in [3.05, 3.63) is 0 Å². The topological polar surface area (TPSA) is 56.6 Å². The number of ether oxygens (including phenoxy) is 1. The molecule has 0 aromatic rings. The standard InChI is InChI=1S/C12H21N3O2/c1-3-14(9-11(2)8-13)10-12(16)15-4-6-17-7-5-15/h11H,3-7,9-10H2,1-2H3. The Bertz CT molecular complexity index is 282. The molecule has 1 heterocycles. The molecule has 0 bridgehead atoms. The normalized spacial score (nSPS) is 17.9. The van der Waals surface area contributed by atoms with E-state index in [1.165, 1.54) is 0 Å². The summed E-state index contributed by atoms with van der Waals surface area (Å²) in [7, 11) is 0. The average Bonchev–Trinajstić information content (AvgIpc) is 2.38. The molecule has 0 aliphatic carbocycles. The number of nitriles is 1. The van der Waals surface area contributed by atoms with Crippen molar-refractivity contribution in [2.75, 3.05) is 45.9 Å². The summed E-state index contributed by atoms with van der Waals surface area (Å²) in [6.07, 6.45) is 0. The van der Waals surface area contributed by atoms with Crippen molar-refractivity contribution < 1.29 is 9.53 Å². The number of amides is 1. The molecule has 1 fully saturated rings. The first-order valence-electron chi connectivity index (χ1n) is 6.14. The van der Waals surface area contributed by atoms with E-state index < -0.39 is 0 Å². The van der Waals surface area contributed by atoms with E-state index in [-0.39, 0.29) is 11.8 Å². The zero-order chi connectivity index (χ0) is 12.7. The van der Waals surface area contributed by atoms with Crippen molar-refractivity contribution in [3.8, 4) is 6.07 Å². The van der Waals surface area contributed by atoms with Gasteiger partial charge in [-0.1, -0.05) is 6.92 Å². The van der Waals surface area contributed by atoms with Gasteiger partial charge in [0, 0.05) is 19.6 Å². The number of nitrogens with zero attached hydrogens (tertiary/aromatic N) is 3. The summed E-state index contributed by atoms with van der Waals surface area (Å²) in [5.41, 5.74) is 0. The van der Waals surface area contributed by atoms with Gasteiger partial charge in [-0.05, 0) is 13.5 Å². The van der Waals surface area contributed by atoms with Gasteiger partial charge in [-0.25, -0.2) is 0 Å². The highest BCUT2D eigenvalue weighted by Crippen LogP contribution is 2.02. The molecular formula is C12H21N3O2. The van der Waals surface area contributed by atoms with Gasteiger partial charge in [0.2, 0.25) is 5.91 Å². The average molecular weight is 239 g/mol. The highest BCUT2D eigenvalue weighted by atomic mass is 16.5. The van der Waals surface area contributed by atoms with Gasteiger partial charge < -0.3 is 9.64 Å². The first-order chi connectivity index (χ1) is 8.17. The van der Waals surface area contributed by atoms with Crippen LogP contribution in [0, 0.1) is 17.2 Å². The third-order valence-corrected chi connectivity index (χ3v) is 2.92. The summed E-state index contributed by atoms with van der Waals surface area (Å²) >= 11 is 0. The predicted molar refractivity (Wildman–Crippen MR) is 64.3 cm³/mol. The van der Waals surface area contributed by atoms with Crippen molar-refractivity contribution in [1.82, 2.24) is 9.80 Å². The van der Waals surface area contributed by atoms with Crippen LogP contribution in [-0.2, 0) is 9.53 Å². The molecule has 0 aromatic heterocycles. The summed E-state index contributed by atoms with van der Waals surface area (Å²) < 4.78 is 5.21. The van der Waals surface area contributed by atoms with E-state index in [0.29, 0.717) is 39.4 Å². The van der Waals surface area contributed by atoms with Crippen LogP contribution in [0.5, 0.6) is 0 Å². The first-order valence-corrected chi connectivity index (χ1v) is 6.14. The van der Waals surface area contributed by atoms with Crippen LogP contribution >= 0.6 is 0 Å². The SMILES string of the molecule is CCN(CC(=O)N1CCOCC1)CC(C)C#N. The fraction of sp³-hybridized carbons (Fsp3) is 0.833. The zero-order valence-electron chi connectivity index (χ0n) is 10.7. The van der Waals surface area contributed by atoms with Crippen LogP contribution in [0.15, 0.2) is 0 Å². The lowest BCUT2D eigenvalue weighted by Crippen LogP contribution is -2.46. The lowest BCUT2D eigenvalue weighted by atomic mass is 10.2. The van der Waals surface area contributed by atoms with Crippen molar-refractivity contribution in [1.29, 1.82) is 5.26 Å². The highest BCUT2D eigenvalue weighted by Gasteiger charge is 2.19. The van der Waals surface area contributed by atoms with Crippen LogP contribution in [0.1, 0.15) is 13.8 Å². The second kappa shape index (κ2) is 7.25. The Morgan fingerprint density at radius 2 is 2.18 bits per heavy atom. The lowest BCUT2D eigenvalue weighted by Gasteiger charge is -2.29. The molecule has 1 rings (SSSR count). The van der Waals surface area contributed by atoms with E-state index in [1.54, 1.807) is 0 Å². The molecule has 0 aromatic carbocycles. The molecule has 1 unspecified atom stereocenters. The second-order valence-corrected chi connectivity index (χ2v) is 4.35. The lowest BCUT2D eigenvalue weighted by molar-refractivity contribution is -0.136. The Labute approximate surface area is 103 Å². The quantitative estimate of drug-likeness (QED) is 0.693. The molecule has 0 saturated carbocycles. The Morgan fingerprint density at radius 3 is 2.71 bits per heavy atom. The summed E-state index contributed by atoms with van der Waals surface area (Å²) in [5, 5.41) is 8.77. The van der Waals surface area contributed by atoms with E-state index in [1.807, 2.05) is 23.6 Å². The van der Waals surface area contributed by atoms with Gasteiger partial charge >= 0.3 is 0 Å². The van der Waals surface area contributed by atoms with Crippen LogP contribution in [0.25, 0.3) is 0 Å². The van der Waals surface area contributed by atoms with Gasteiger partial charge in [0.15, 0.2) is 0 Å². The first kappa shape index (κ1) is 13.9. The minimum absolute atomic E-state index is 0.0348. The van der Waals surface area contributed by atoms with Crippen LogP contribution in [0.4, 0.5) is 0 Å². The van der Waals surface area contributed by atoms with E-state index in [0.717, 1.165) is 6.54 Å². The molecule has 17 heavy (non-hydrogen) atoms. The smallest absolute Gasteiger partial charge is 0.236 e. The molecule has 96 valence electrons. The third kappa shape index (κ3) is 4.72. The number of hydrogen-bond acceptors (Lipinski definition) is 4. The zero-order valence-corrected chi connectivity index (χ0v) is 10.7. The number of carbonyl (C=O) groups excluding carboxylic acids is 1. The molecule has 1 aliphatic heterocycles. The van der Waals surface area contributed by atoms with Gasteiger partial charge in [-0.15, -0.1) is 0 Å². The summed E-state index contributed by atoms with van der Waals surface area (Å²) in [6.45, 7) is 8.37. The maximum absolute atomic E-state index is 12.0. The molecule has 1 amide bonds. The molecule has 5 nitrogen and oxygen atoms in total. The van der Waals surface area contributed by atoms with Crippen molar-refractivity contribution in [3.63, 3.8) is 0 Å². The summed E-state index contributed by atoms with van der Waals surface area (Å²) in [5.74, 6) is 0.104. The van der Waals surface area contributed by atoms with Gasteiger partial charge in [0.1, 0.15) is 0 Å². The minimum Gasteiger partial charge on any atom is -0.378 e. The van der Waals surface area contributed by atoms with E-state index in [2.05, 4.69) is 6.07 Å². The largest absolute Gasteiger partial charge is 0.378 e. The van der Waals surface area contributed by atoms with E-state index >= 15 is 0 Å².